The van der Waals surface area contributed by atoms with E-state index in [1.165, 1.54) is 11.1 Å². The van der Waals surface area contributed by atoms with Gasteiger partial charge in [-0.2, -0.15) is 5.26 Å². The van der Waals surface area contributed by atoms with Crippen molar-refractivity contribution in [2.45, 2.75) is 13.3 Å². The molecule has 0 unspecified atom stereocenters. The molecule has 2 rings (SSSR count). The molecule has 106 valence electrons. The predicted octanol–water partition coefficient (Wildman–Crippen LogP) is 3.91. The van der Waals surface area contributed by atoms with Crippen LogP contribution in [0.2, 0.25) is 0 Å². The molecule has 0 aliphatic carbocycles. The molecule has 0 atom stereocenters. The van der Waals surface area contributed by atoms with Crippen LogP contribution in [0.15, 0.2) is 42.7 Å². The predicted molar refractivity (Wildman–Crippen MR) is 87.8 cm³/mol. The van der Waals surface area contributed by atoms with Crippen LogP contribution >= 0.6 is 0 Å². The molecule has 0 amide bonds. The van der Waals surface area contributed by atoms with Gasteiger partial charge < -0.3 is 4.90 Å². The summed E-state index contributed by atoms with van der Waals surface area (Å²) >= 11 is 0. The maximum Gasteiger partial charge on any atom is 0.0640 e. The van der Waals surface area contributed by atoms with Crippen LogP contribution in [-0.4, -0.2) is 18.6 Å². The van der Waals surface area contributed by atoms with Crippen molar-refractivity contribution in [1.29, 1.82) is 5.26 Å². The molecule has 0 radical (unpaired) electrons. The number of aryl methyl sites for hydroxylation is 1. The lowest BCUT2D eigenvalue weighted by Crippen LogP contribution is -2.17. The van der Waals surface area contributed by atoms with E-state index in [-0.39, 0.29) is 0 Å². The van der Waals surface area contributed by atoms with E-state index in [1.807, 2.05) is 19.3 Å². The van der Waals surface area contributed by atoms with Gasteiger partial charge in [0.1, 0.15) is 0 Å². The summed E-state index contributed by atoms with van der Waals surface area (Å²) in [5, 5.41) is 8.62. The maximum atomic E-state index is 8.62. The molecular weight excluding hydrogens is 258 g/mol. The zero-order chi connectivity index (χ0) is 15.1. The summed E-state index contributed by atoms with van der Waals surface area (Å²) in [6.07, 6.45) is 8.42. The second-order valence-electron chi connectivity index (χ2n) is 4.99. The molecule has 1 aromatic heterocycles. The van der Waals surface area contributed by atoms with E-state index in [9.17, 15) is 0 Å². The minimum absolute atomic E-state index is 0.541. The van der Waals surface area contributed by atoms with Crippen molar-refractivity contribution in [1.82, 2.24) is 4.98 Å². The standard InChI is InChI=1S/C18H19N3/c1-15-14-20-12-10-17(15)7-4-16-5-8-18(9-6-16)21(2)13-3-11-19/h4-10,12,14H,3,13H2,1-2H3/b7-4+. The van der Waals surface area contributed by atoms with Crippen LogP contribution in [0.3, 0.4) is 0 Å². The summed E-state index contributed by atoms with van der Waals surface area (Å²) in [6.45, 7) is 2.81. The molecule has 0 bridgehead atoms. The second-order valence-corrected chi connectivity index (χ2v) is 4.99. The van der Waals surface area contributed by atoms with Crippen LogP contribution in [0.5, 0.6) is 0 Å². The highest BCUT2D eigenvalue weighted by Crippen LogP contribution is 2.16. The summed E-state index contributed by atoms with van der Waals surface area (Å²) < 4.78 is 0. The average molecular weight is 277 g/mol. The van der Waals surface area contributed by atoms with Gasteiger partial charge in [0, 0.05) is 31.7 Å². The third-order valence-corrected chi connectivity index (χ3v) is 3.41. The zero-order valence-corrected chi connectivity index (χ0v) is 12.5. The first-order valence-electron chi connectivity index (χ1n) is 6.97. The quantitative estimate of drug-likeness (QED) is 0.832. The van der Waals surface area contributed by atoms with Crippen molar-refractivity contribution >= 4 is 17.8 Å². The first-order valence-corrected chi connectivity index (χ1v) is 6.97. The Labute approximate surface area is 126 Å². The van der Waals surface area contributed by atoms with Gasteiger partial charge >= 0.3 is 0 Å². The number of rotatable bonds is 5. The van der Waals surface area contributed by atoms with E-state index in [0.29, 0.717) is 6.42 Å². The van der Waals surface area contributed by atoms with Gasteiger partial charge in [-0.3, -0.25) is 4.98 Å². The van der Waals surface area contributed by atoms with Gasteiger partial charge in [-0.25, -0.2) is 0 Å². The van der Waals surface area contributed by atoms with Crippen LogP contribution in [0, 0.1) is 18.3 Å². The first kappa shape index (κ1) is 14.8. The van der Waals surface area contributed by atoms with Crippen molar-refractivity contribution in [2.75, 3.05) is 18.5 Å². The Kier molecular flexibility index (Phi) is 5.11. The summed E-state index contributed by atoms with van der Waals surface area (Å²) in [6, 6.07) is 12.5. The fraction of sp³-hybridized carbons (Fsp3) is 0.222. The van der Waals surface area contributed by atoms with Gasteiger partial charge in [0.2, 0.25) is 0 Å². The highest BCUT2D eigenvalue weighted by atomic mass is 15.1. The van der Waals surface area contributed by atoms with E-state index >= 15 is 0 Å². The highest BCUT2D eigenvalue weighted by molar-refractivity contribution is 5.71. The number of nitrogens with zero attached hydrogens (tertiary/aromatic N) is 3. The van der Waals surface area contributed by atoms with Crippen LogP contribution < -0.4 is 4.90 Å². The fourth-order valence-corrected chi connectivity index (χ4v) is 2.04. The van der Waals surface area contributed by atoms with Crippen molar-refractivity contribution in [3.8, 4) is 6.07 Å². The largest absolute Gasteiger partial charge is 0.374 e. The molecule has 3 heteroatoms. The van der Waals surface area contributed by atoms with Gasteiger partial charge in [-0.1, -0.05) is 24.3 Å². The van der Waals surface area contributed by atoms with Crippen LogP contribution in [0.1, 0.15) is 23.1 Å². The van der Waals surface area contributed by atoms with E-state index < -0.39 is 0 Å². The number of benzene rings is 1. The summed E-state index contributed by atoms with van der Waals surface area (Å²) in [5.74, 6) is 0. The molecule has 1 aromatic carbocycles. The normalized spacial score (nSPS) is 10.5. The molecule has 0 aliphatic heterocycles. The van der Waals surface area contributed by atoms with Gasteiger partial charge in [-0.15, -0.1) is 0 Å². The monoisotopic (exact) mass is 277 g/mol. The van der Waals surface area contributed by atoms with E-state index in [2.05, 4.69) is 59.3 Å². The Balaban J connectivity index is 2.06. The first-order chi connectivity index (χ1) is 10.2. The Hall–Kier alpha value is -2.60. The minimum atomic E-state index is 0.541. The summed E-state index contributed by atoms with van der Waals surface area (Å²) in [4.78, 5) is 6.18. The summed E-state index contributed by atoms with van der Waals surface area (Å²) in [7, 11) is 2.00. The molecular formula is C18H19N3. The lowest BCUT2D eigenvalue weighted by molar-refractivity contribution is 0.905. The Morgan fingerprint density at radius 3 is 2.62 bits per heavy atom. The van der Waals surface area contributed by atoms with Crippen molar-refractivity contribution in [3.63, 3.8) is 0 Å². The molecule has 0 saturated carbocycles. The smallest absolute Gasteiger partial charge is 0.0640 e. The molecule has 0 saturated heterocycles. The SMILES string of the molecule is Cc1cnccc1/C=C/c1ccc(N(C)CCC#N)cc1. The number of nitriles is 1. The van der Waals surface area contributed by atoms with Crippen molar-refractivity contribution in [2.24, 2.45) is 0 Å². The van der Waals surface area contributed by atoms with E-state index in [4.69, 9.17) is 5.26 Å². The fourth-order valence-electron chi connectivity index (χ4n) is 2.04. The second kappa shape index (κ2) is 7.25. The summed E-state index contributed by atoms with van der Waals surface area (Å²) in [5.41, 5.74) is 4.63. The van der Waals surface area contributed by atoms with E-state index in [0.717, 1.165) is 17.8 Å². The van der Waals surface area contributed by atoms with Crippen LogP contribution in [0.4, 0.5) is 5.69 Å². The minimum Gasteiger partial charge on any atom is -0.374 e. The number of anilines is 1. The maximum absolute atomic E-state index is 8.62. The lowest BCUT2D eigenvalue weighted by atomic mass is 10.1. The van der Waals surface area contributed by atoms with Crippen LogP contribution in [-0.2, 0) is 0 Å². The average Bonchev–Trinajstić information content (AvgIpc) is 2.52. The Bertz CT molecular complexity index is 651. The third-order valence-electron chi connectivity index (χ3n) is 3.41. The van der Waals surface area contributed by atoms with Gasteiger partial charge in [0.15, 0.2) is 0 Å². The van der Waals surface area contributed by atoms with Crippen molar-refractivity contribution < 1.29 is 0 Å². The number of hydrogen-bond donors (Lipinski definition) is 0. The van der Waals surface area contributed by atoms with E-state index in [1.54, 1.807) is 6.20 Å². The number of hydrogen-bond acceptors (Lipinski definition) is 3. The third kappa shape index (κ3) is 4.19. The molecule has 0 N–H and O–H groups in total. The molecule has 3 nitrogen and oxygen atoms in total. The highest BCUT2D eigenvalue weighted by Gasteiger charge is 1.99. The molecule has 0 fully saturated rings. The Morgan fingerprint density at radius 2 is 1.95 bits per heavy atom. The number of aromatic nitrogens is 1. The van der Waals surface area contributed by atoms with Crippen molar-refractivity contribution in [3.05, 3.63) is 59.4 Å². The van der Waals surface area contributed by atoms with Gasteiger partial charge in [-0.05, 0) is 41.8 Å². The molecule has 2 aromatic rings. The lowest BCUT2D eigenvalue weighted by Gasteiger charge is -2.17. The topological polar surface area (TPSA) is 39.9 Å². The molecule has 1 heterocycles. The molecule has 0 aliphatic rings. The molecule has 0 spiro atoms. The van der Waals surface area contributed by atoms with Gasteiger partial charge in [0.25, 0.3) is 0 Å². The number of pyridine rings is 1. The van der Waals surface area contributed by atoms with Gasteiger partial charge in [0.05, 0.1) is 12.5 Å². The molecule has 21 heavy (non-hydrogen) atoms. The Morgan fingerprint density at radius 1 is 1.19 bits per heavy atom. The zero-order valence-electron chi connectivity index (χ0n) is 12.5. The van der Waals surface area contributed by atoms with Crippen LogP contribution in [0.25, 0.3) is 12.2 Å².